The number of nitrogens with zero attached hydrogens (tertiary/aromatic N) is 1. The molecule has 1 aliphatic rings. The summed E-state index contributed by atoms with van der Waals surface area (Å²) < 4.78 is 10.0. The van der Waals surface area contributed by atoms with Crippen molar-refractivity contribution in [2.75, 3.05) is 40.0 Å². The summed E-state index contributed by atoms with van der Waals surface area (Å²) in [7, 11) is 1.58. The van der Waals surface area contributed by atoms with Crippen LogP contribution in [-0.2, 0) is 14.3 Å². The number of benzene rings is 1. The number of rotatable bonds is 7. The van der Waals surface area contributed by atoms with E-state index in [1.165, 1.54) is 0 Å². The maximum absolute atomic E-state index is 12.5. The van der Waals surface area contributed by atoms with Gasteiger partial charge in [0.05, 0.1) is 23.3 Å². The third kappa shape index (κ3) is 6.15. The van der Waals surface area contributed by atoms with Crippen LogP contribution in [0.25, 0.3) is 0 Å². The Balaban J connectivity index is 1.76. The first kappa shape index (κ1) is 20.0. The molecule has 0 saturated carbocycles. The zero-order valence-corrected chi connectivity index (χ0v) is 15.6. The Kier molecular flexibility index (Phi) is 7.96. The molecule has 0 aromatic heterocycles. The van der Waals surface area contributed by atoms with Crippen molar-refractivity contribution in [3.8, 4) is 0 Å². The Morgan fingerprint density at radius 2 is 1.92 bits per heavy atom. The maximum atomic E-state index is 12.5. The molecule has 0 bridgehead atoms. The summed E-state index contributed by atoms with van der Waals surface area (Å²) in [5.74, 6) is -0.225. The van der Waals surface area contributed by atoms with Gasteiger partial charge in [0, 0.05) is 31.8 Å². The molecule has 1 heterocycles. The highest BCUT2D eigenvalue weighted by Gasteiger charge is 2.24. The summed E-state index contributed by atoms with van der Waals surface area (Å²) in [6, 6.07) is 4.92. The lowest BCUT2D eigenvalue weighted by Gasteiger charge is -2.32. The summed E-state index contributed by atoms with van der Waals surface area (Å²) in [4.78, 5) is 26.1. The van der Waals surface area contributed by atoms with Crippen molar-refractivity contribution in [3.63, 3.8) is 0 Å². The van der Waals surface area contributed by atoms with Gasteiger partial charge in [0.1, 0.15) is 6.61 Å². The van der Waals surface area contributed by atoms with Crippen LogP contribution in [-0.4, -0.2) is 62.8 Å². The Labute approximate surface area is 157 Å². The van der Waals surface area contributed by atoms with Gasteiger partial charge in [0.15, 0.2) is 0 Å². The van der Waals surface area contributed by atoms with Gasteiger partial charge < -0.3 is 19.7 Å². The molecule has 0 atom stereocenters. The normalized spacial score (nSPS) is 15.2. The number of amides is 2. The van der Waals surface area contributed by atoms with Crippen LogP contribution in [0.2, 0.25) is 10.0 Å². The first-order valence-electron chi connectivity index (χ1n) is 8.11. The summed E-state index contributed by atoms with van der Waals surface area (Å²) in [5.41, 5.74) is 0.517. The van der Waals surface area contributed by atoms with E-state index in [-0.39, 0.29) is 24.5 Å². The molecule has 0 radical (unpaired) electrons. The van der Waals surface area contributed by atoms with Crippen molar-refractivity contribution in [1.29, 1.82) is 0 Å². The fourth-order valence-electron chi connectivity index (χ4n) is 2.62. The van der Waals surface area contributed by atoms with Crippen LogP contribution in [0, 0.1) is 0 Å². The molecular weight excluding hydrogens is 367 g/mol. The van der Waals surface area contributed by atoms with Crippen LogP contribution in [0.3, 0.4) is 0 Å². The maximum Gasteiger partial charge on any atom is 0.253 e. The molecule has 25 heavy (non-hydrogen) atoms. The van der Waals surface area contributed by atoms with Gasteiger partial charge in [-0.15, -0.1) is 0 Å². The summed E-state index contributed by atoms with van der Waals surface area (Å²) in [6.45, 7) is 2.03. The van der Waals surface area contributed by atoms with Gasteiger partial charge >= 0.3 is 0 Å². The van der Waals surface area contributed by atoms with Gasteiger partial charge in [-0.1, -0.05) is 23.2 Å². The third-order valence-corrected chi connectivity index (χ3v) is 4.72. The molecule has 0 spiro atoms. The van der Waals surface area contributed by atoms with Crippen molar-refractivity contribution in [3.05, 3.63) is 33.8 Å². The van der Waals surface area contributed by atoms with E-state index in [0.29, 0.717) is 54.8 Å². The number of halogens is 2. The highest BCUT2D eigenvalue weighted by molar-refractivity contribution is 6.42. The van der Waals surface area contributed by atoms with E-state index in [1.54, 1.807) is 30.2 Å². The van der Waals surface area contributed by atoms with E-state index in [4.69, 9.17) is 32.7 Å². The molecule has 1 N–H and O–H groups in total. The fourth-order valence-corrected chi connectivity index (χ4v) is 2.91. The predicted octanol–water partition coefficient (Wildman–Crippen LogP) is 2.38. The minimum Gasteiger partial charge on any atom is -0.382 e. The fraction of sp³-hybridized carbons (Fsp3) is 0.529. The van der Waals surface area contributed by atoms with E-state index >= 15 is 0 Å². The molecule has 1 fully saturated rings. The van der Waals surface area contributed by atoms with Crippen LogP contribution < -0.4 is 5.32 Å². The molecule has 138 valence electrons. The van der Waals surface area contributed by atoms with Crippen molar-refractivity contribution in [1.82, 2.24) is 10.2 Å². The summed E-state index contributed by atoms with van der Waals surface area (Å²) in [6.07, 6.45) is 1.41. The molecular formula is C17H22Cl2N2O4. The monoisotopic (exact) mass is 388 g/mol. The third-order valence-electron chi connectivity index (χ3n) is 3.98. The molecule has 8 heteroatoms. The number of carbonyl (C=O) groups is 2. The van der Waals surface area contributed by atoms with Crippen LogP contribution in [0.4, 0.5) is 0 Å². The second kappa shape index (κ2) is 9.97. The van der Waals surface area contributed by atoms with Crippen LogP contribution >= 0.6 is 23.2 Å². The topological polar surface area (TPSA) is 67.9 Å². The van der Waals surface area contributed by atoms with Crippen LogP contribution in [0.1, 0.15) is 23.2 Å². The number of piperidine rings is 1. The Morgan fingerprint density at radius 1 is 1.20 bits per heavy atom. The zero-order valence-electron chi connectivity index (χ0n) is 14.1. The number of hydrogen-bond donors (Lipinski definition) is 1. The standard InChI is InChI=1S/C17H22Cl2N2O4/c1-24-8-9-25-11-16(22)20-13-4-6-21(7-5-13)17(23)12-2-3-14(18)15(19)10-12/h2-3,10,13H,4-9,11H2,1H3,(H,20,22). The second-order valence-corrected chi connectivity index (χ2v) is 6.62. The lowest BCUT2D eigenvalue weighted by atomic mass is 10.0. The predicted molar refractivity (Wildman–Crippen MR) is 96.2 cm³/mol. The largest absolute Gasteiger partial charge is 0.382 e. The minimum absolute atomic E-state index is 0.0196. The highest BCUT2D eigenvalue weighted by Crippen LogP contribution is 2.24. The average Bonchev–Trinajstić information content (AvgIpc) is 2.61. The Bertz CT molecular complexity index is 604. The molecule has 1 aromatic rings. The molecule has 0 aliphatic carbocycles. The molecule has 0 unspecified atom stereocenters. The van der Waals surface area contributed by atoms with Crippen molar-refractivity contribution < 1.29 is 19.1 Å². The number of methoxy groups -OCH3 is 1. The molecule has 6 nitrogen and oxygen atoms in total. The van der Waals surface area contributed by atoms with Gasteiger partial charge in [-0.2, -0.15) is 0 Å². The first-order chi connectivity index (χ1) is 12.0. The zero-order chi connectivity index (χ0) is 18.2. The molecule has 2 amide bonds. The van der Waals surface area contributed by atoms with Gasteiger partial charge in [-0.25, -0.2) is 0 Å². The first-order valence-corrected chi connectivity index (χ1v) is 8.87. The lowest BCUT2D eigenvalue weighted by molar-refractivity contribution is -0.127. The Hall–Kier alpha value is -1.34. The summed E-state index contributed by atoms with van der Waals surface area (Å²) >= 11 is 11.8. The van der Waals surface area contributed by atoms with E-state index in [0.717, 1.165) is 0 Å². The van der Waals surface area contributed by atoms with E-state index in [1.807, 2.05) is 0 Å². The van der Waals surface area contributed by atoms with E-state index in [2.05, 4.69) is 5.32 Å². The van der Waals surface area contributed by atoms with Crippen molar-refractivity contribution >= 4 is 35.0 Å². The lowest BCUT2D eigenvalue weighted by Crippen LogP contribution is -2.47. The molecule has 2 rings (SSSR count). The van der Waals surface area contributed by atoms with Gasteiger partial charge in [-0.3, -0.25) is 9.59 Å². The number of ether oxygens (including phenoxy) is 2. The van der Waals surface area contributed by atoms with Crippen LogP contribution in [0.5, 0.6) is 0 Å². The second-order valence-electron chi connectivity index (χ2n) is 5.81. The van der Waals surface area contributed by atoms with E-state index < -0.39 is 0 Å². The quantitative estimate of drug-likeness (QED) is 0.728. The SMILES string of the molecule is COCCOCC(=O)NC1CCN(C(=O)c2ccc(Cl)c(Cl)c2)CC1. The minimum atomic E-state index is -0.148. The molecule has 1 saturated heterocycles. The van der Waals surface area contributed by atoms with Crippen molar-refractivity contribution in [2.45, 2.75) is 18.9 Å². The number of hydrogen-bond acceptors (Lipinski definition) is 4. The van der Waals surface area contributed by atoms with Gasteiger partial charge in [0.2, 0.25) is 5.91 Å². The van der Waals surface area contributed by atoms with Crippen LogP contribution in [0.15, 0.2) is 18.2 Å². The van der Waals surface area contributed by atoms with Gasteiger partial charge in [-0.05, 0) is 31.0 Å². The Morgan fingerprint density at radius 3 is 2.56 bits per heavy atom. The number of carbonyl (C=O) groups excluding carboxylic acids is 2. The van der Waals surface area contributed by atoms with Gasteiger partial charge in [0.25, 0.3) is 5.91 Å². The molecule has 1 aliphatic heterocycles. The van der Waals surface area contributed by atoms with E-state index in [9.17, 15) is 9.59 Å². The highest BCUT2D eigenvalue weighted by atomic mass is 35.5. The number of likely N-dealkylation sites (tertiary alicyclic amines) is 1. The summed E-state index contributed by atoms with van der Waals surface area (Å²) in [5, 5.41) is 3.72. The van der Waals surface area contributed by atoms with Crippen molar-refractivity contribution in [2.24, 2.45) is 0 Å². The average molecular weight is 389 g/mol. The molecule has 1 aromatic carbocycles. The number of nitrogens with one attached hydrogen (secondary N) is 1. The smallest absolute Gasteiger partial charge is 0.253 e.